The first kappa shape index (κ1) is 12.4. The van der Waals surface area contributed by atoms with Gasteiger partial charge < -0.3 is 4.74 Å². The van der Waals surface area contributed by atoms with Crippen LogP contribution in [0.4, 0.5) is 0 Å². The van der Waals surface area contributed by atoms with Gasteiger partial charge in [-0.3, -0.25) is 9.59 Å². The maximum atomic E-state index is 12.5. The van der Waals surface area contributed by atoms with Gasteiger partial charge in [0.25, 0.3) is 0 Å². The third-order valence-corrected chi connectivity index (χ3v) is 4.90. The van der Waals surface area contributed by atoms with Crippen LogP contribution < -0.4 is 4.74 Å². The van der Waals surface area contributed by atoms with Crippen LogP contribution in [0.15, 0.2) is 30.3 Å². The van der Waals surface area contributed by atoms with Crippen LogP contribution >= 0.6 is 0 Å². The van der Waals surface area contributed by atoms with E-state index >= 15 is 0 Å². The van der Waals surface area contributed by atoms with E-state index < -0.39 is 5.41 Å². The lowest BCUT2D eigenvalue weighted by molar-refractivity contribution is -0.153. The van der Waals surface area contributed by atoms with Crippen molar-refractivity contribution in [3.63, 3.8) is 0 Å². The first-order valence-corrected chi connectivity index (χ1v) is 6.79. The van der Waals surface area contributed by atoms with E-state index in [2.05, 4.69) is 0 Å². The average Bonchev–Trinajstić information content (AvgIpc) is 2.91. The average molecular weight is 258 g/mol. The summed E-state index contributed by atoms with van der Waals surface area (Å²) in [5.41, 5.74) is -1.27. The van der Waals surface area contributed by atoms with Crippen molar-refractivity contribution >= 4 is 11.8 Å². The Morgan fingerprint density at radius 3 is 2.53 bits per heavy atom. The highest BCUT2D eigenvalue weighted by molar-refractivity contribution is 6.09. The summed E-state index contributed by atoms with van der Waals surface area (Å²) in [5.74, 6) is 0.542. The molecule has 0 radical (unpaired) electrons. The van der Waals surface area contributed by atoms with Gasteiger partial charge >= 0.3 is 5.97 Å². The van der Waals surface area contributed by atoms with E-state index in [9.17, 15) is 9.59 Å². The van der Waals surface area contributed by atoms with Crippen molar-refractivity contribution < 1.29 is 14.3 Å². The van der Waals surface area contributed by atoms with E-state index in [0.29, 0.717) is 24.5 Å². The topological polar surface area (TPSA) is 43.4 Å². The number of para-hydroxylation sites is 1. The SMILES string of the molecule is CC1(C)C(=O)C2(C(=O)Oc3ccccc3)CCC1C2. The molecule has 0 amide bonds. The van der Waals surface area contributed by atoms with Crippen molar-refractivity contribution in [1.29, 1.82) is 0 Å². The summed E-state index contributed by atoms with van der Waals surface area (Å²) >= 11 is 0. The fourth-order valence-electron chi connectivity index (χ4n) is 3.64. The smallest absolute Gasteiger partial charge is 0.325 e. The Labute approximate surface area is 113 Å². The molecule has 2 unspecified atom stereocenters. The van der Waals surface area contributed by atoms with Gasteiger partial charge in [-0.05, 0) is 37.3 Å². The Balaban J connectivity index is 1.86. The molecule has 2 aliphatic rings. The van der Waals surface area contributed by atoms with Crippen LogP contribution in [0.2, 0.25) is 0 Å². The fraction of sp³-hybridized carbons (Fsp3) is 0.500. The molecule has 2 atom stereocenters. The molecule has 0 N–H and O–H groups in total. The zero-order valence-corrected chi connectivity index (χ0v) is 11.3. The lowest BCUT2D eigenvalue weighted by Gasteiger charge is -2.31. The molecule has 0 spiro atoms. The predicted octanol–water partition coefficient (Wildman–Crippen LogP) is 2.99. The lowest BCUT2D eigenvalue weighted by Crippen LogP contribution is -2.43. The Hall–Kier alpha value is -1.64. The number of carbonyl (C=O) groups is 2. The summed E-state index contributed by atoms with van der Waals surface area (Å²) in [6, 6.07) is 8.98. The molecule has 2 fully saturated rings. The second-order valence-electron chi connectivity index (χ2n) is 6.28. The summed E-state index contributed by atoms with van der Waals surface area (Å²) in [4.78, 5) is 25.0. The van der Waals surface area contributed by atoms with Crippen LogP contribution in [0.5, 0.6) is 5.75 Å². The molecule has 3 nitrogen and oxygen atoms in total. The maximum Gasteiger partial charge on any atom is 0.325 e. The minimum atomic E-state index is -0.885. The van der Waals surface area contributed by atoms with Crippen LogP contribution in [-0.4, -0.2) is 11.8 Å². The van der Waals surface area contributed by atoms with Crippen LogP contribution in [-0.2, 0) is 9.59 Å². The van der Waals surface area contributed by atoms with Gasteiger partial charge in [0.05, 0.1) is 0 Å². The molecular formula is C16H18O3. The molecule has 100 valence electrons. The van der Waals surface area contributed by atoms with Gasteiger partial charge in [-0.15, -0.1) is 0 Å². The highest BCUT2D eigenvalue weighted by Gasteiger charge is 2.66. The second-order valence-corrected chi connectivity index (χ2v) is 6.28. The van der Waals surface area contributed by atoms with E-state index in [1.54, 1.807) is 12.1 Å². The molecule has 1 aromatic rings. The predicted molar refractivity (Wildman–Crippen MR) is 70.6 cm³/mol. The molecule has 0 saturated heterocycles. The van der Waals surface area contributed by atoms with E-state index in [1.165, 1.54) is 0 Å². The van der Waals surface area contributed by atoms with Gasteiger partial charge in [0, 0.05) is 5.41 Å². The molecule has 2 aliphatic carbocycles. The van der Waals surface area contributed by atoms with Gasteiger partial charge in [0.1, 0.15) is 11.2 Å². The number of fused-ring (bicyclic) bond motifs is 2. The van der Waals surface area contributed by atoms with Gasteiger partial charge in [0.15, 0.2) is 5.78 Å². The van der Waals surface area contributed by atoms with Crippen molar-refractivity contribution in [2.75, 3.05) is 0 Å². The molecule has 19 heavy (non-hydrogen) atoms. The molecule has 1 aromatic carbocycles. The quantitative estimate of drug-likeness (QED) is 0.465. The van der Waals surface area contributed by atoms with E-state index in [4.69, 9.17) is 4.74 Å². The number of carbonyl (C=O) groups excluding carboxylic acids is 2. The maximum absolute atomic E-state index is 12.5. The Morgan fingerprint density at radius 2 is 1.95 bits per heavy atom. The summed E-state index contributed by atoms with van der Waals surface area (Å²) < 4.78 is 5.42. The van der Waals surface area contributed by atoms with Crippen molar-refractivity contribution in [1.82, 2.24) is 0 Å². The first-order valence-electron chi connectivity index (χ1n) is 6.79. The van der Waals surface area contributed by atoms with Crippen molar-refractivity contribution in [3.05, 3.63) is 30.3 Å². The van der Waals surface area contributed by atoms with Crippen LogP contribution in [0.25, 0.3) is 0 Å². The third-order valence-electron chi connectivity index (χ3n) is 4.90. The summed E-state index contributed by atoms with van der Waals surface area (Å²) in [6.07, 6.45) is 2.25. The molecule has 0 heterocycles. The number of benzene rings is 1. The standard InChI is InChI=1S/C16H18O3/c1-15(2)11-8-9-16(10-11,13(15)17)14(18)19-12-6-4-3-5-7-12/h3-7,11H,8-10H2,1-2H3. The van der Waals surface area contributed by atoms with Gasteiger partial charge in [-0.2, -0.15) is 0 Å². The Morgan fingerprint density at radius 1 is 1.26 bits per heavy atom. The van der Waals surface area contributed by atoms with E-state index in [-0.39, 0.29) is 17.2 Å². The molecule has 0 aliphatic heterocycles. The van der Waals surface area contributed by atoms with E-state index in [1.807, 2.05) is 32.0 Å². The Bertz CT molecular complexity index is 532. The number of hydrogen-bond acceptors (Lipinski definition) is 3. The second kappa shape index (κ2) is 3.92. The molecule has 3 heteroatoms. The number of ketones is 1. The minimum absolute atomic E-state index is 0.0668. The summed E-state index contributed by atoms with van der Waals surface area (Å²) in [5, 5.41) is 0. The van der Waals surface area contributed by atoms with Gasteiger partial charge in [-0.1, -0.05) is 32.0 Å². The normalized spacial score (nSPS) is 31.5. The van der Waals surface area contributed by atoms with Crippen molar-refractivity contribution in [3.8, 4) is 5.75 Å². The third kappa shape index (κ3) is 1.64. The number of rotatable bonds is 2. The largest absolute Gasteiger partial charge is 0.426 e. The highest BCUT2D eigenvalue weighted by atomic mass is 16.5. The fourth-order valence-corrected chi connectivity index (χ4v) is 3.64. The van der Waals surface area contributed by atoms with Crippen LogP contribution in [0.3, 0.4) is 0 Å². The van der Waals surface area contributed by atoms with Crippen molar-refractivity contribution in [2.24, 2.45) is 16.7 Å². The number of Topliss-reactive ketones (excluding diaryl/α,β-unsaturated/α-hetero) is 1. The lowest BCUT2D eigenvalue weighted by atomic mass is 9.71. The van der Waals surface area contributed by atoms with E-state index in [0.717, 1.165) is 6.42 Å². The Kier molecular flexibility index (Phi) is 2.56. The number of hydrogen-bond donors (Lipinski definition) is 0. The monoisotopic (exact) mass is 258 g/mol. The van der Waals surface area contributed by atoms with Crippen LogP contribution in [0, 0.1) is 16.7 Å². The summed E-state index contributed by atoms with van der Waals surface area (Å²) in [6.45, 7) is 3.91. The minimum Gasteiger partial charge on any atom is -0.426 e. The number of ether oxygens (including phenoxy) is 1. The molecule has 2 saturated carbocycles. The van der Waals surface area contributed by atoms with Crippen molar-refractivity contribution in [2.45, 2.75) is 33.1 Å². The molecule has 3 rings (SSSR count). The highest BCUT2D eigenvalue weighted by Crippen LogP contribution is 2.60. The zero-order chi connectivity index (χ0) is 13.7. The number of esters is 1. The van der Waals surface area contributed by atoms with Gasteiger partial charge in [0.2, 0.25) is 0 Å². The molecular weight excluding hydrogens is 240 g/mol. The van der Waals surface area contributed by atoms with Crippen LogP contribution in [0.1, 0.15) is 33.1 Å². The zero-order valence-electron chi connectivity index (χ0n) is 11.3. The molecule has 2 bridgehead atoms. The summed E-state index contributed by atoms with van der Waals surface area (Å²) in [7, 11) is 0. The first-order chi connectivity index (χ1) is 8.97. The molecule has 0 aromatic heterocycles. The van der Waals surface area contributed by atoms with Gasteiger partial charge in [-0.25, -0.2) is 0 Å².